The van der Waals surface area contributed by atoms with Gasteiger partial charge in [-0.15, -0.1) is 0 Å². The topological polar surface area (TPSA) is 6.48 Å². The molecule has 0 atom stereocenters. The molecule has 0 spiro atoms. The molecule has 12 rings (SSSR count). The van der Waals surface area contributed by atoms with Gasteiger partial charge in [-0.3, -0.25) is 0 Å². The lowest BCUT2D eigenvalue weighted by Crippen LogP contribution is -2.17. The fourth-order valence-corrected chi connectivity index (χ4v) is 10.2. The highest BCUT2D eigenvalue weighted by molar-refractivity contribution is 5.93. The SMILES string of the molecule is CC1(C)c2cc(N(c3ccccc3)c3ccc(-c4ccc(-c5ccccc5)cc4)cc3)ccc2-c2ccc(N(c3ccc(-c4ccc5ccccc5c4)cc3)c3ccc4ccccc4c3)cc21. The van der Waals surface area contributed by atoms with Gasteiger partial charge in [-0.05, 0) is 156 Å². The van der Waals surface area contributed by atoms with Crippen LogP contribution in [0.15, 0.2) is 255 Å². The molecule has 11 aromatic carbocycles. The Morgan fingerprint density at radius 3 is 1.10 bits per heavy atom. The maximum absolute atomic E-state index is 2.43. The van der Waals surface area contributed by atoms with E-state index in [9.17, 15) is 0 Å². The third-order valence-corrected chi connectivity index (χ3v) is 13.8. The second kappa shape index (κ2) is 16.5. The monoisotopic (exact) mass is 856 g/mol. The first-order valence-electron chi connectivity index (χ1n) is 23.2. The van der Waals surface area contributed by atoms with Crippen LogP contribution >= 0.6 is 0 Å². The van der Waals surface area contributed by atoms with E-state index in [-0.39, 0.29) is 5.41 Å². The first-order chi connectivity index (χ1) is 32.9. The smallest absolute Gasteiger partial charge is 0.0468 e. The number of nitrogens with zero attached hydrogens (tertiary/aromatic N) is 2. The van der Waals surface area contributed by atoms with Crippen molar-refractivity contribution in [3.8, 4) is 44.5 Å². The van der Waals surface area contributed by atoms with Gasteiger partial charge in [-0.2, -0.15) is 0 Å². The van der Waals surface area contributed by atoms with Crippen LogP contribution in [0.4, 0.5) is 34.1 Å². The van der Waals surface area contributed by atoms with Gasteiger partial charge in [0.2, 0.25) is 0 Å². The summed E-state index contributed by atoms with van der Waals surface area (Å²) in [6.07, 6.45) is 0. The van der Waals surface area contributed by atoms with Gasteiger partial charge in [0.15, 0.2) is 0 Å². The number of benzene rings is 11. The highest BCUT2D eigenvalue weighted by atomic mass is 15.1. The lowest BCUT2D eigenvalue weighted by atomic mass is 9.82. The quantitative estimate of drug-likeness (QED) is 0.143. The minimum atomic E-state index is -0.260. The van der Waals surface area contributed by atoms with Crippen molar-refractivity contribution in [2.75, 3.05) is 9.80 Å². The van der Waals surface area contributed by atoms with Crippen LogP contribution < -0.4 is 9.80 Å². The van der Waals surface area contributed by atoms with Crippen molar-refractivity contribution in [2.24, 2.45) is 0 Å². The molecule has 67 heavy (non-hydrogen) atoms. The average Bonchev–Trinajstić information content (AvgIpc) is 3.61. The zero-order chi connectivity index (χ0) is 44.9. The predicted molar refractivity (Wildman–Crippen MR) is 285 cm³/mol. The molecule has 0 saturated heterocycles. The highest BCUT2D eigenvalue weighted by Gasteiger charge is 2.37. The predicted octanol–water partition coefficient (Wildman–Crippen LogP) is 18.2. The molecule has 0 unspecified atom stereocenters. The summed E-state index contributed by atoms with van der Waals surface area (Å²) in [6.45, 7) is 4.77. The van der Waals surface area contributed by atoms with Gasteiger partial charge in [0, 0.05) is 39.5 Å². The van der Waals surface area contributed by atoms with E-state index in [0.29, 0.717) is 0 Å². The van der Waals surface area contributed by atoms with Crippen LogP contribution in [-0.2, 0) is 5.41 Å². The second-order valence-corrected chi connectivity index (χ2v) is 18.2. The Bertz CT molecular complexity index is 3570. The largest absolute Gasteiger partial charge is 0.310 e. The Kier molecular flexibility index (Phi) is 9.88. The fourth-order valence-electron chi connectivity index (χ4n) is 10.2. The maximum atomic E-state index is 2.43. The van der Waals surface area contributed by atoms with E-state index >= 15 is 0 Å². The number of hydrogen-bond acceptors (Lipinski definition) is 2. The van der Waals surface area contributed by atoms with Crippen LogP contribution in [0.5, 0.6) is 0 Å². The fraction of sp³-hybridized carbons (Fsp3) is 0.0462. The van der Waals surface area contributed by atoms with Crippen LogP contribution in [0, 0.1) is 0 Å². The van der Waals surface area contributed by atoms with Gasteiger partial charge in [0.1, 0.15) is 0 Å². The van der Waals surface area contributed by atoms with Crippen LogP contribution in [0.1, 0.15) is 25.0 Å². The number of rotatable bonds is 9. The standard InChI is InChI=1S/C65H48N2/c1-65(2)63-43-59(66(55-19-7-4-8-20-55)56-32-27-50(28-33-56)49-23-21-48(22-24-49)45-13-5-3-6-14-45)37-39-61(63)62-40-38-60(44-64(62)65)67(58-36-31-47-16-10-12-18-53(47)42-58)57-34-29-51(30-35-57)54-26-25-46-15-9-11-17-52(46)41-54/h3-44H,1-2H3. The molecule has 0 heterocycles. The van der Waals surface area contributed by atoms with E-state index in [4.69, 9.17) is 0 Å². The van der Waals surface area contributed by atoms with Gasteiger partial charge in [-0.1, -0.05) is 190 Å². The zero-order valence-electron chi connectivity index (χ0n) is 37.6. The van der Waals surface area contributed by atoms with E-state index in [0.717, 1.165) is 34.1 Å². The Morgan fingerprint density at radius 1 is 0.239 bits per heavy atom. The molecule has 0 bridgehead atoms. The van der Waals surface area contributed by atoms with Crippen molar-refractivity contribution >= 4 is 55.7 Å². The summed E-state index contributed by atoms with van der Waals surface area (Å²) in [4.78, 5) is 4.80. The summed E-state index contributed by atoms with van der Waals surface area (Å²) in [5.74, 6) is 0. The van der Waals surface area contributed by atoms with Gasteiger partial charge >= 0.3 is 0 Å². The van der Waals surface area contributed by atoms with Crippen molar-refractivity contribution in [1.29, 1.82) is 0 Å². The van der Waals surface area contributed by atoms with Crippen molar-refractivity contribution < 1.29 is 0 Å². The Labute approximate surface area is 393 Å². The molecule has 0 N–H and O–H groups in total. The normalized spacial score (nSPS) is 12.4. The van der Waals surface area contributed by atoms with Crippen LogP contribution in [-0.4, -0.2) is 0 Å². The van der Waals surface area contributed by atoms with E-state index in [1.54, 1.807) is 0 Å². The molecular weight excluding hydrogens is 809 g/mol. The summed E-state index contributed by atoms with van der Waals surface area (Å²) in [6, 6.07) is 93.1. The molecule has 0 saturated carbocycles. The van der Waals surface area contributed by atoms with E-state index in [2.05, 4.69) is 278 Å². The highest BCUT2D eigenvalue weighted by Crippen LogP contribution is 2.52. The molecule has 2 heteroatoms. The van der Waals surface area contributed by atoms with Crippen LogP contribution in [0.2, 0.25) is 0 Å². The summed E-state index contributed by atoms with van der Waals surface area (Å²) >= 11 is 0. The van der Waals surface area contributed by atoms with Gasteiger partial charge < -0.3 is 9.80 Å². The minimum absolute atomic E-state index is 0.260. The molecule has 0 amide bonds. The Morgan fingerprint density at radius 2 is 0.567 bits per heavy atom. The zero-order valence-corrected chi connectivity index (χ0v) is 37.6. The third kappa shape index (κ3) is 7.34. The number of fused-ring (bicyclic) bond motifs is 5. The van der Waals surface area contributed by atoms with Gasteiger partial charge in [-0.25, -0.2) is 0 Å². The van der Waals surface area contributed by atoms with Gasteiger partial charge in [0.05, 0.1) is 0 Å². The minimum Gasteiger partial charge on any atom is -0.310 e. The molecule has 0 aliphatic heterocycles. The van der Waals surface area contributed by atoms with Gasteiger partial charge in [0.25, 0.3) is 0 Å². The first kappa shape index (κ1) is 40.1. The van der Waals surface area contributed by atoms with E-state index in [1.807, 2.05) is 0 Å². The number of hydrogen-bond donors (Lipinski definition) is 0. The molecule has 11 aromatic rings. The second-order valence-electron chi connectivity index (χ2n) is 18.2. The Balaban J connectivity index is 0.896. The lowest BCUT2D eigenvalue weighted by molar-refractivity contribution is 0.660. The van der Waals surface area contributed by atoms with Crippen molar-refractivity contribution in [3.63, 3.8) is 0 Å². The average molecular weight is 857 g/mol. The van der Waals surface area contributed by atoms with Crippen LogP contribution in [0.3, 0.4) is 0 Å². The summed E-state index contributed by atoms with van der Waals surface area (Å²) < 4.78 is 0. The van der Waals surface area contributed by atoms with Crippen LogP contribution in [0.25, 0.3) is 66.1 Å². The molecule has 2 nitrogen and oxygen atoms in total. The van der Waals surface area contributed by atoms with Crippen molar-refractivity contribution in [2.45, 2.75) is 19.3 Å². The molecule has 318 valence electrons. The maximum Gasteiger partial charge on any atom is 0.0468 e. The van der Waals surface area contributed by atoms with Crippen molar-refractivity contribution in [1.82, 2.24) is 0 Å². The van der Waals surface area contributed by atoms with E-state index in [1.165, 1.54) is 77.2 Å². The molecule has 1 aliphatic rings. The molecule has 0 aromatic heterocycles. The summed E-state index contributed by atoms with van der Waals surface area (Å²) in [7, 11) is 0. The number of para-hydroxylation sites is 1. The summed E-state index contributed by atoms with van der Waals surface area (Å²) in [5, 5.41) is 4.95. The molecule has 1 aliphatic carbocycles. The lowest BCUT2D eigenvalue weighted by Gasteiger charge is -2.29. The van der Waals surface area contributed by atoms with Crippen molar-refractivity contribution in [3.05, 3.63) is 266 Å². The molecular formula is C65H48N2. The first-order valence-corrected chi connectivity index (χ1v) is 23.2. The Hall–Kier alpha value is -8.46. The third-order valence-electron chi connectivity index (χ3n) is 13.8. The summed E-state index contributed by atoms with van der Waals surface area (Å²) in [5.41, 5.74) is 19.0. The molecule has 0 fully saturated rings. The number of anilines is 6. The van der Waals surface area contributed by atoms with E-state index < -0.39 is 0 Å². The molecule has 0 radical (unpaired) electrons.